The molecule has 5 heteroatoms. The van der Waals surface area contributed by atoms with E-state index in [-0.39, 0.29) is 16.6 Å². The van der Waals surface area contributed by atoms with E-state index < -0.39 is 11.8 Å². The van der Waals surface area contributed by atoms with E-state index in [0.717, 1.165) is 0 Å². The molecule has 0 saturated carbocycles. The van der Waals surface area contributed by atoms with Crippen molar-refractivity contribution in [3.63, 3.8) is 0 Å². The van der Waals surface area contributed by atoms with Gasteiger partial charge < -0.3 is 9.84 Å². The first-order valence-corrected chi connectivity index (χ1v) is 5.17. The highest BCUT2D eigenvalue weighted by Gasteiger charge is 2.14. The van der Waals surface area contributed by atoms with Crippen LogP contribution in [0.2, 0.25) is 0 Å². The first kappa shape index (κ1) is 12.0. The van der Waals surface area contributed by atoms with Gasteiger partial charge in [0.1, 0.15) is 11.6 Å². The van der Waals surface area contributed by atoms with Crippen molar-refractivity contribution in [3.05, 3.63) is 28.0 Å². The lowest BCUT2D eigenvalue weighted by atomic mass is 10.1. The minimum absolute atomic E-state index is 0.170. The van der Waals surface area contributed by atoms with Crippen LogP contribution in [0.15, 0.2) is 16.6 Å². The Labute approximate surface area is 95.0 Å². The smallest absolute Gasteiger partial charge is 0.307 e. The second-order valence-electron chi connectivity index (χ2n) is 2.85. The van der Waals surface area contributed by atoms with E-state index in [1.165, 1.54) is 12.1 Å². The fourth-order valence-electron chi connectivity index (χ4n) is 1.17. The summed E-state index contributed by atoms with van der Waals surface area (Å²) in [4.78, 5) is 10.6. The van der Waals surface area contributed by atoms with Gasteiger partial charge in [-0.2, -0.15) is 0 Å². The highest BCUT2D eigenvalue weighted by molar-refractivity contribution is 9.10. The zero-order chi connectivity index (χ0) is 11.4. The van der Waals surface area contributed by atoms with Crippen molar-refractivity contribution in [2.75, 3.05) is 6.61 Å². The van der Waals surface area contributed by atoms with Crippen LogP contribution in [-0.2, 0) is 11.2 Å². The van der Waals surface area contributed by atoms with Gasteiger partial charge in [-0.25, -0.2) is 4.39 Å². The summed E-state index contributed by atoms with van der Waals surface area (Å²) in [5, 5.41) is 8.66. The number of carboxylic acids is 1. The fraction of sp³-hybridized carbons (Fsp3) is 0.300. The van der Waals surface area contributed by atoms with Crippen molar-refractivity contribution in [2.24, 2.45) is 0 Å². The van der Waals surface area contributed by atoms with Gasteiger partial charge in [-0.1, -0.05) is 6.07 Å². The molecule has 0 radical (unpaired) electrons. The zero-order valence-corrected chi connectivity index (χ0v) is 9.67. The van der Waals surface area contributed by atoms with Crippen LogP contribution < -0.4 is 4.74 Å². The molecule has 1 N–H and O–H groups in total. The summed E-state index contributed by atoms with van der Waals surface area (Å²) in [5.41, 5.74) is 0.456. The lowest BCUT2D eigenvalue weighted by Crippen LogP contribution is -2.05. The second kappa shape index (κ2) is 5.11. The minimum atomic E-state index is -0.977. The van der Waals surface area contributed by atoms with Gasteiger partial charge >= 0.3 is 5.97 Å². The third kappa shape index (κ3) is 2.92. The van der Waals surface area contributed by atoms with Crippen LogP contribution in [0.25, 0.3) is 0 Å². The average Bonchev–Trinajstić information content (AvgIpc) is 2.17. The number of hydrogen-bond donors (Lipinski definition) is 1. The van der Waals surface area contributed by atoms with Crippen LogP contribution in [-0.4, -0.2) is 17.7 Å². The van der Waals surface area contributed by atoms with E-state index >= 15 is 0 Å². The molecule has 15 heavy (non-hydrogen) atoms. The molecular weight excluding hydrogens is 267 g/mol. The van der Waals surface area contributed by atoms with E-state index in [9.17, 15) is 9.18 Å². The monoisotopic (exact) mass is 276 g/mol. The third-order valence-electron chi connectivity index (χ3n) is 1.76. The summed E-state index contributed by atoms with van der Waals surface area (Å²) >= 11 is 3.03. The number of benzene rings is 1. The van der Waals surface area contributed by atoms with E-state index in [0.29, 0.717) is 12.2 Å². The summed E-state index contributed by atoms with van der Waals surface area (Å²) in [6.45, 7) is 2.11. The topological polar surface area (TPSA) is 46.5 Å². The number of halogens is 2. The molecule has 0 atom stereocenters. The molecule has 3 nitrogen and oxygen atoms in total. The summed E-state index contributed by atoms with van der Waals surface area (Å²) in [5.74, 6) is -1.18. The maximum Gasteiger partial charge on any atom is 0.307 e. The van der Waals surface area contributed by atoms with Crippen LogP contribution in [0.4, 0.5) is 4.39 Å². The Morgan fingerprint density at radius 2 is 2.27 bits per heavy atom. The summed E-state index contributed by atoms with van der Waals surface area (Å²) < 4.78 is 18.5. The van der Waals surface area contributed by atoms with E-state index in [4.69, 9.17) is 9.84 Å². The van der Waals surface area contributed by atoms with Gasteiger partial charge in [0, 0.05) is 5.56 Å². The third-order valence-corrected chi connectivity index (χ3v) is 2.50. The molecular formula is C10H10BrFO3. The van der Waals surface area contributed by atoms with Crippen molar-refractivity contribution < 1.29 is 19.0 Å². The van der Waals surface area contributed by atoms with Crippen molar-refractivity contribution >= 4 is 21.9 Å². The summed E-state index contributed by atoms with van der Waals surface area (Å²) in [7, 11) is 0. The molecule has 0 spiro atoms. The number of rotatable bonds is 4. The molecule has 0 amide bonds. The quantitative estimate of drug-likeness (QED) is 0.920. The molecule has 0 aliphatic heterocycles. The van der Waals surface area contributed by atoms with Crippen LogP contribution >= 0.6 is 15.9 Å². The van der Waals surface area contributed by atoms with Crippen LogP contribution in [0.1, 0.15) is 12.5 Å². The van der Waals surface area contributed by atoms with E-state index in [1.807, 2.05) is 0 Å². The molecule has 1 aromatic carbocycles. The lowest BCUT2D eigenvalue weighted by molar-refractivity contribution is -0.136. The Bertz CT molecular complexity index is 379. The van der Waals surface area contributed by atoms with Gasteiger partial charge in [-0.05, 0) is 28.9 Å². The molecule has 1 aromatic rings. The Hall–Kier alpha value is -1.10. The fourth-order valence-corrected chi connectivity index (χ4v) is 1.68. The van der Waals surface area contributed by atoms with Gasteiger partial charge in [0.05, 0.1) is 17.5 Å². The molecule has 1 rings (SSSR count). The summed E-state index contributed by atoms with van der Waals surface area (Å²) in [6.07, 6.45) is -0.186. The highest BCUT2D eigenvalue weighted by Crippen LogP contribution is 2.32. The number of hydrogen-bond acceptors (Lipinski definition) is 2. The number of carboxylic acid groups (broad SMARTS) is 1. The first-order chi connectivity index (χ1) is 7.06. The zero-order valence-electron chi connectivity index (χ0n) is 8.09. The molecule has 0 unspecified atom stereocenters. The van der Waals surface area contributed by atoms with Gasteiger partial charge in [0.15, 0.2) is 0 Å². The standard InChI is InChI=1S/C10H10BrFO3/c1-2-15-10-6(5-8(13)14)3-4-7(12)9(10)11/h3-4H,2,5H2,1H3,(H,13,14). The van der Waals surface area contributed by atoms with Crippen molar-refractivity contribution in [3.8, 4) is 5.75 Å². The highest BCUT2D eigenvalue weighted by atomic mass is 79.9. The Morgan fingerprint density at radius 1 is 1.60 bits per heavy atom. The van der Waals surface area contributed by atoms with Gasteiger partial charge in [0.2, 0.25) is 0 Å². The van der Waals surface area contributed by atoms with Crippen molar-refractivity contribution in [2.45, 2.75) is 13.3 Å². The number of aliphatic carboxylic acids is 1. The average molecular weight is 277 g/mol. The van der Waals surface area contributed by atoms with Crippen LogP contribution in [0, 0.1) is 5.82 Å². The van der Waals surface area contributed by atoms with Crippen molar-refractivity contribution in [1.29, 1.82) is 0 Å². The Morgan fingerprint density at radius 3 is 2.80 bits per heavy atom. The van der Waals surface area contributed by atoms with Gasteiger partial charge in [0.25, 0.3) is 0 Å². The maximum atomic E-state index is 13.1. The molecule has 0 heterocycles. The van der Waals surface area contributed by atoms with Crippen LogP contribution in [0.5, 0.6) is 5.75 Å². The Kier molecular flexibility index (Phi) is 4.08. The van der Waals surface area contributed by atoms with Gasteiger partial charge in [-0.3, -0.25) is 4.79 Å². The van der Waals surface area contributed by atoms with E-state index in [2.05, 4.69) is 15.9 Å². The lowest BCUT2D eigenvalue weighted by Gasteiger charge is -2.11. The van der Waals surface area contributed by atoms with Gasteiger partial charge in [-0.15, -0.1) is 0 Å². The predicted octanol–water partition coefficient (Wildman–Crippen LogP) is 2.61. The maximum absolute atomic E-state index is 13.1. The molecule has 0 aromatic heterocycles. The van der Waals surface area contributed by atoms with E-state index in [1.54, 1.807) is 6.92 Å². The first-order valence-electron chi connectivity index (χ1n) is 4.37. The predicted molar refractivity (Wildman–Crippen MR) is 56.6 cm³/mol. The van der Waals surface area contributed by atoms with Crippen molar-refractivity contribution in [1.82, 2.24) is 0 Å². The minimum Gasteiger partial charge on any atom is -0.492 e. The molecule has 0 aliphatic rings. The molecule has 0 fully saturated rings. The number of ether oxygens (including phenoxy) is 1. The molecule has 0 bridgehead atoms. The summed E-state index contributed by atoms with van der Waals surface area (Å²) in [6, 6.07) is 2.63. The number of carbonyl (C=O) groups is 1. The molecule has 0 aliphatic carbocycles. The Balaban J connectivity index is 3.14. The SMILES string of the molecule is CCOc1c(CC(=O)O)ccc(F)c1Br. The molecule has 82 valence electrons. The second-order valence-corrected chi connectivity index (χ2v) is 3.65. The molecule has 0 saturated heterocycles. The largest absolute Gasteiger partial charge is 0.492 e. The normalized spacial score (nSPS) is 10.1. The van der Waals surface area contributed by atoms with Crippen LogP contribution in [0.3, 0.4) is 0 Å².